The lowest BCUT2D eigenvalue weighted by atomic mass is 9.91. The van der Waals surface area contributed by atoms with Crippen LogP contribution in [0.25, 0.3) is 10.8 Å². The quantitative estimate of drug-likeness (QED) is 0.367. The van der Waals surface area contributed by atoms with Crippen LogP contribution in [0.1, 0.15) is 17.2 Å². The fourth-order valence-electron chi connectivity index (χ4n) is 4.12. The monoisotopic (exact) mass is 347 g/mol. The van der Waals surface area contributed by atoms with Gasteiger partial charge in [0.25, 0.3) is 0 Å². The molecule has 0 aromatic heterocycles. The molecule has 0 N–H and O–H groups in total. The molecule has 0 saturated heterocycles. The molecule has 1 atom stereocenters. The maximum Gasteiger partial charge on any atom is 0.0778 e. The van der Waals surface area contributed by atoms with Gasteiger partial charge in [-0.25, -0.2) is 0 Å². The van der Waals surface area contributed by atoms with Gasteiger partial charge in [0.1, 0.15) is 0 Å². The van der Waals surface area contributed by atoms with Gasteiger partial charge in [-0.05, 0) is 41.1 Å². The molecule has 130 valence electrons. The smallest absolute Gasteiger partial charge is 0.0778 e. The third-order valence-corrected chi connectivity index (χ3v) is 5.37. The normalized spacial score (nSPS) is 15.5. The van der Waals surface area contributed by atoms with Crippen molar-refractivity contribution in [3.63, 3.8) is 0 Å². The molecule has 0 spiro atoms. The molecule has 1 heteroatoms. The van der Waals surface area contributed by atoms with Crippen LogP contribution in [0.3, 0.4) is 0 Å². The summed E-state index contributed by atoms with van der Waals surface area (Å²) in [4.78, 5) is 2.47. The Morgan fingerprint density at radius 1 is 0.667 bits per heavy atom. The Morgan fingerprint density at radius 3 is 2.33 bits per heavy atom. The van der Waals surface area contributed by atoms with E-state index in [-0.39, 0.29) is 6.04 Å². The van der Waals surface area contributed by atoms with Crippen LogP contribution in [0.4, 0.5) is 11.4 Å². The number of fused-ring (bicyclic) bond motifs is 2. The zero-order chi connectivity index (χ0) is 18.1. The Kier molecular flexibility index (Phi) is 3.99. The lowest BCUT2D eigenvalue weighted by Crippen LogP contribution is -2.25. The number of allylic oxidation sites excluding steroid dienone is 1. The number of nitrogens with zero attached hydrogens (tertiary/aromatic N) is 1. The first-order chi connectivity index (χ1) is 13.4. The lowest BCUT2D eigenvalue weighted by molar-refractivity contribution is 0.820. The largest absolute Gasteiger partial charge is 0.330 e. The van der Waals surface area contributed by atoms with Crippen molar-refractivity contribution in [2.24, 2.45) is 0 Å². The number of anilines is 2. The first-order valence-corrected chi connectivity index (χ1v) is 9.48. The van der Waals surface area contributed by atoms with E-state index in [4.69, 9.17) is 0 Å². The maximum atomic E-state index is 2.47. The van der Waals surface area contributed by atoms with Crippen molar-refractivity contribution in [2.45, 2.75) is 12.5 Å². The second-order valence-corrected chi connectivity index (χ2v) is 6.98. The fourth-order valence-corrected chi connectivity index (χ4v) is 4.12. The number of rotatable bonds is 3. The molecule has 1 nitrogen and oxygen atoms in total. The van der Waals surface area contributed by atoms with E-state index >= 15 is 0 Å². The van der Waals surface area contributed by atoms with E-state index in [1.165, 1.54) is 33.3 Å². The van der Waals surface area contributed by atoms with Crippen LogP contribution in [0.15, 0.2) is 109 Å². The van der Waals surface area contributed by atoms with Crippen LogP contribution in [0.5, 0.6) is 0 Å². The highest BCUT2D eigenvalue weighted by Crippen LogP contribution is 2.41. The predicted molar refractivity (Wildman–Crippen MR) is 115 cm³/mol. The van der Waals surface area contributed by atoms with E-state index in [2.05, 4.69) is 114 Å². The van der Waals surface area contributed by atoms with Gasteiger partial charge < -0.3 is 4.90 Å². The average Bonchev–Trinajstić information content (AvgIpc) is 2.75. The van der Waals surface area contributed by atoms with Crippen molar-refractivity contribution < 1.29 is 0 Å². The van der Waals surface area contributed by atoms with Gasteiger partial charge in [-0.15, -0.1) is 0 Å². The van der Waals surface area contributed by atoms with Crippen LogP contribution in [0, 0.1) is 0 Å². The van der Waals surface area contributed by atoms with E-state index in [1.807, 2.05) is 0 Å². The van der Waals surface area contributed by atoms with E-state index in [0.717, 1.165) is 6.42 Å². The van der Waals surface area contributed by atoms with Crippen molar-refractivity contribution in [1.82, 2.24) is 0 Å². The molecular weight excluding hydrogens is 326 g/mol. The third-order valence-electron chi connectivity index (χ3n) is 5.37. The second kappa shape index (κ2) is 6.77. The van der Waals surface area contributed by atoms with Crippen LogP contribution in [-0.2, 0) is 6.42 Å². The Morgan fingerprint density at radius 2 is 1.41 bits per heavy atom. The van der Waals surface area contributed by atoms with Gasteiger partial charge in [-0.1, -0.05) is 91.0 Å². The number of hydrogen-bond acceptors (Lipinski definition) is 1. The van der Waals surface area contributed by atoms with E-state index in [1.54, 1.807) is 0 Å². The summed E-state index contributed by atoms with van der Waals surface area (Å²) < 4.78 is 0. The minimum absolute atomic E-state index is 0.183. The molecule has 0 amide bonds. The average molecular weight is 347 g/mol. The molecule has 0 radical (unpaired) electrons. The summed E-state index contributed by atoms with van der Waals surface area (Å²) in [6.07, 6.45) is 5.65. The summed E-state index contributed by atoms with van der Waals surface area (Å²) in [5.41, 5.74) is 5.24. The van der Waals surface area contributed by atoms with Gasteiger partial charge >= 0.3 is 0 Å². The molecule has 1 aliphatic carbocycles. The Labute approximate surface area is 160 Å². The third kappa shape index (κ3) is 2.82. The summed E-state index contributed by atoms with van der Waals surface area (Å²) >= 11 is 0. The van der Waals surface area contributed by atoms with Gasteiger partial charge in [0.15, 0.2) is 0 Å². The zero-order valence-electron chi connectivity index (χ0n) is 15.1. The molecule has 1 unspecified atom stereocenters. The highest BCUT2D eigenvalue weighted by atomic mass is 15.2. The molecule has 0 aliphatic heterocycles. The van der Waals surface area contributed by atoms with Crippen LogP contribution < -0.4 is 4.90 Å². The molecular formula is C26H21N. The SMILES string of the molecule is C1=CC(N(c2ccccc2)c2cccc3ccccc23)c2ccccc2C1. The van der Waals surface area contributed by atoms with Crippen molar-refractivity contribution in [3.8, 4) is 0 Å². The van der Waals surface area contributed by atoms with Crippen molar-refractivity contribution in [3.05, 3.63) is 120 Å². The standard InChI is InChI=1S/C26H21N/c1-2-14-22(15-3-1)27(25-18-8-12-20-10-4-6-16-23(20)25)26-19-9-13-21-11-5-7-17-24(21)26/h1-12,14-19,26H,13H2. The first-order valence-electron chi connectivity index (χ1n) is 9.48. The Bertz CT molecular complexity index is 1110. The van der Waals surface area contributed by atoms with Crippen LogP contribution in [0.2, 0.25) is 0 Å². The molecule has 1 aliphatic rings. The van der Waals surface area contributed by atoms with Gasteiger partial charge in [-0.2, -0.15) is 0 Å². The number of hydrogen-bond donors (Lipinski definition) is 0. The zero-order valence-corrected chi connectivity index (χ0v) is 15.1. The molecule has 0 bridgehead atoms. The summed E-state index contributed by atoms with van der Waals surface area (Å²) in [6, 6.07) is 34.9. The lowest BCUT2D eigenvalue weighted by Gasteiger charge is -2.35. The van der Waals surface area contributed by atoms with Crippen molar-refractivity contribution in [2.75, 3.05) is 4.90 Å². The molecule has 27 heavy (non-hydrogen) atoms. The fraction of sp³-hybridized carbons (Fsp3) is 0.0769. The number of benzene rings is 4. The molecule has 0 saturated carbocycles. The molecule has 4 aromatic carbocycles. The molecule has 0 fully saturated rings. The topological polar surface area (TPSA) is 3.24 Å². The summed E-state index contributed by atoms with van der Waals surface area (Å²) in [6.45, 7) is 0. The Hall–Kier alpha value is -3.32. The highest BCUT2D eigenvalue weighted by molar-refractivity contribution is 5.96. The van der Waals surface area contributed by atoms with Gasteiger partial charge in [0.2, 0.25) is 0 Å². The minimum Gasteiger partial charge on any atom is -0.330 e. The summed E-state index contributed by atoms with van der Waals surface area (Å²) in [7, 11) is 0. The number of para-hydroxylation sites is 1. The van der Waals surface area contributed by atoms with Gasteiger partial charge in [0, 0.05) is 16.8 Å². The van der Waals surface area contributed by atoms with Crippen molar-refractivity contribution in [1.29, 1.82) is 0 Å². The van der Waals surface area contributed by atoms with E-state index in [0.29, 0.717) is 0 Å². The van der Waals surface area contributed by atoms with Gasteiger partial charge in [0.05, 0.1) is 6.04 Å². The van der Waals surface area contributed by atoms with Gasteiger partial charge in [-0.3, -0.25) is 0 Å². The van der Waals surface area contributed by atoms with Crippen molar-refractivity contribution >= 4 is 22.1 Å². The molecule has 4 aromatic rings. The highest BCUT2D eigenvalue weighted by Gasteiger charge is 2.25. The van der Waals surface area contributed by atoms with Crippen LogP contribution >= 0.6 is 0 Å². The van der Waals surface area contributed by atoms with Crippen LogP contribution in [-0.4, -0.2) is 0 Å². The first kappa shape index (κ1) is 15.9. The summed E-state index contributed by atoms with van der Waals surface area (Å²) in [5.74, 6) is 0. The van der Waals surface area contributed by atoms with E-state index < -0.39 is 0 Å². The molecule has 0 heterocycles. The summed E-state index contributed by atoms with van der Waals surface area (Å²) in [5, 5.41) is 2.55. The predicted octanol–water partition coefficient (Wildman–Crippen LogP) is 6.83. The molecule has 5 rings (SSSR count). The second-order valence-electron chi connectivity index (χ2n) is 6.98. The maximum absolute atomic E-state index is 2.47. The minimum atomic E-state index is 0.183. The van der Waals surface area contributed by atoms with E-state index in [9.17, 15) is 0 Å². The Balaban J connectivity index is 1.76.